The number of nitrogens with zero attached hydrogens (tertiary/aromatic N) is 3. The van der Waals surface area contributed by atoms with Crippen molar-refractivity contribution in [2.24, 2.45) is 7.05 Å². The van der Waals surface area contributed by atoms with Crippen molar-refractivity contribution in [1.82, 2.24) is 14.7 Å². The molecule has 1 aromatic carbocycles. The number of thiophene rings is 1. The van der Waals surface area contributed by atoms with Gasteiger partial charge in [0.1, 0.15) is 4.88 Å². The fraction of sp³-hybridized carbons (Fsp3) is 0.263. The summed E-state index contributed by atoms with van der Waals surface area (Å²) < 4.78 is 1.80. The van der Waals surface area contributed by atoms with Gasteiger partial charge in [-0.05, 0) is 35.4 Å². The van der Waals surface area contributed by atoms with Gasteiger partial charge in [0.2, 0.25) is 0 Å². The molecule has 4 rings (SSSR count). The maximum Gasteiger partial charge on any atom is 0.265 e. The van der Waals surface area contributed by atoms with Crippen molar-refractivity contribution in [2.45, 2.75) is 18.9 Å². The monoisotopic (exact) mass is 371 g/mol. The Morgan fingerprint density at radius 2 is 2.16 bits per heavy atom. The first-order valence-corrected chi connectivity index (χ1v) is 9.53. The average molecular weight is 372 g/mol. The number of rotatable bonds is 3. The summed E-state index contributed by atoms with van der Waals surface area (Å²) in [4.78, 5) is 15.6. The summed E-state index contributed by atoms with van der Waals surface area (Å²) >= 11 is 7.60. The molecule has 0 bridgehead atoms. The normalized spacial score (nSPS) is 17.2. The number of aryl methyl sites for hydroxylation is 1. The van der Waals surface area contributed by atoms with Gasteiger partial charge in [-0.2, -0.15) is 5.10 Å². The number of hydrogen-bond acceptors (Lipinski definition) is 3. The Bertz CT molecular complexity index is 917. The van der Waals surface area contributed by atoms with Crippen LogP contribution in [0.15, 0.2) is 48.1 Å². The molecule has 0 saturated carbocycles. The predicted molar refractivity (Wildman–Crippen MR) is 101 cm³/mol. The molecular formula is C19H18ClN3OS. The molecule has 6 heteroatoms. The average Bonchev–Trinajstić information content (AvgIpc) is 3.35. The summed E-state index contributed by atoms with van der Waals surface area (Å²) in [7, 11) is 1.91. The quantitative estimate of drug-likeness (QED) is 0.664. The number of carbonyl (C=O) groups excluding carboxylic acids is 1. The third-order valence-corrected chi connectivity index (χ3v) is 5.99. The summed E-state index contributed by atoms with van der Waals surface area (Å²) in [5.41, 5.74) is 3.39. The molecule has 0 N–H and O–H groups in total. The SMILES string of the molecule is Cn1cc(-c2ccccc2[C@@H]2CCCN2C(=O)c2sccc2Cl)cn1. The van der Waals surface area contributed by atoms with Gasteiger partial charge in [0.15, 0.2) is 0 Å². The van der Waals surface area contributed by atoms with Crippen LogP contribution in [0.2, 0.25) is 5.02 Å². The van der Waals surface area contributed by atoms with E-state index in [1.807, 2.05) is 41.9 Å². The Balaban J connectivity index is 1.72. The van der Waals surface area contributed by atoms with E-state index in [1.54, 1.807) is 10.7 Å². The third kappa shape index (κ3) is 2.98. The Morgan fingerprint density at radius 3 is 2.88 bits per heavy atom. The molecule has 2 aromatic heterocycles. The van der Waals surface area contributed by atoms with Gasteiger partial charge in [0.05, 0.1) is 17.3 Å². The van der Waals surface area contributed by atoms with Gasteiger partial charge >= 0.3 is 0 Å². The second-order valence-electron chi connectivity index (χ2n) is 6.24. The molecule has 1 amide bonds. The van der Waals surface area contributed by atoms with Crippen molar-refractivity contribution in [3.8, 4) is 11.1 Å². The molecule has 1 saturated heterocycles. The Labute approximate surface area is 155 Å². The highest BCUT2D eigenvalue weighted by molar-refractivity contribution is 7.12. The number of carbonyl (C=O) groups is 1. The molecule has 128 valence electrons. The van der Waals surface area contributed by atoms with Gasteiger partial charge in [-0.3, -0.25) is 9.48 Å². The Hall–Kier alpha value is -2.11. The highest BCUT2D eigenvalue weighted by atomic mass is 35.5. The van der Waals surface area contributed by atoms with E-state index in [-0.39, 0.29) is 11.9 Å². The number of hydrogen-bond donors (Lipinski definition) is 0. The predicted octanol–water partition coefficient (Wildman–Crippen LogP) is 4.78. The lowest BCUT2D eigenvalue weighted by Gasteiger charge is -2.26. The first-order valence-electron chi connectivity index (χ1n) is 8.27. The van der Waals surface area contributed by atoms with Crippen LogP contribution in [-0.4, -0.2) is 27.1 Å². The molecule has 4 nitrogen and oxygen atoms in total. The van der Waals surface area contributed by atoms with Crippen LogP contribution in [0.3, 0.4) is 0 Å². The van der Waals surface area contributed by atoms with Crippen molar-refractivity contribution < 1.29 is 4.79 Å². The van der Waals surface area contributed by atoms with Crippen LogP contribution in [-0.2, 0) is 7.05 Å². The zero-order valence-corrected chi connectivity index (χ0v) is 15.4. The smallest absolute Gasteiger partial charge is 0.265 e. The van der Waals surface area contributed by atoms with E-state index >= 15 is 0 Å². The molecular weight excluding hydrogens is 354 g/mol. The van der Waals surface area contributed by atoms with Gasteiger partial charge < -0.3 is 4.90 Å². The maximum absolute atomic E-state index is 13.0. The summed E-state index contributed by atoms with van der Waals surface area (Å²) in [6, 6.07) is 10.1. The van der Waals surface area contributed by atoms with E-state index < -0.39 is 0 Å². The van der Waals surface area contributed by atoms with Gasteiger partial charge in [-0.15, -0.1) is 11.3 Å². The number of amides is 1. The second kappa shape index (κ2) is 6.65. The number of benzene rings is 1. The van der Waals surface area contributed by atoms with Crippen LogP contribution < -0.4 is 0 Å². The van der Waals surface area contributed by atoms with Gasteiger partial charge in [0, 0.05) is 25.4 Å². The van der Waals surface area contributed by atoms with Crippen molar-refractivity contribution in [1.29, 1.82) is 0 Å². The topological polar surface area (TPSA) is 38.1 Å². The maximum atomic E-state index is 13.0. The molecule has 0 radical (unpaired) electrons. The molecule has 0 aliphatic carbocycles. The van der Waals surface area contributed by atoms with Crippen LogP contribution in [0, 0.1) is 0 Å². The molecule has 1 aliphatic heterocycles. The highest BCUT2D eigenvalue weighted by Gasteiger charge is 2.33. The summed E-state index contributed by atoms with van der Waals surface area (Å²) in [6.07, 6.45) is 5.85. The van der Waals surface area contributed by atoms with Gasteiger partial charge in [0.25, 0.3) is 5.91 Å². The Morgan fingerprint density at radius 1 is 1.32 bits per heavy atom. The van der Waals surface area contributed by atoms with E-state index in [9.17, 15) is 4.79 Å². The van der Waals surface area contributed by atoms with Crippen molar-refractivity contribution >= 4 is 28.8 Å². The largest absolute Gasteiger partial charge is 0.331 e. The molecule has 1 fully saturated rings. The third-order valence-electron chi connectivity index (χ3n) is 4.66. The zero-order chi connectivity index (χ0) is 17.4. The molecule has 3 heterocycles. The Kier molecular flexibility index (Phi) is 4.36. The second-order valence-corrected chi connectivity index (χ2v) is 7.57. The molecule has 3 aromatic rings. The van der Waals surface area contributed by atoms with E-state index in [0.29, 0.717) is 9.90 Å². The number of aromatic nitrogens is 2. The minimum absolute atomic E-state index is 0.0310. The van der Waals surface area contributed by atoms with Crippen LogP contribution in [0.5, 0.6) is 0 Å². The summed E-state index contributed by atoms with van der Waals surface area (Å²) in [6.45, 7) is 0.763. The highest BCUT2D eigenvalue weighted by Crippen LogP contribution is 2.39. The zero-order valence-electron chi connectivity index (χ0n) is 13.9. The first-order chi connectivity index (χ1) is 12.1. The first kappa shape index (κ1) is 16.4. The molecule has 1 aliphatic rings. The van der Waals surface area contributed by atoms with Gasteiger partial charge in [-0.1, -0.05) is 35.9 Å². The van der Waals surface area contributed by atoms with Crippen LogP contribution in [0.1, 0.15) is 34.1 Å². The van der Waals surface area contributed by atoms with Crippen molar-refractivity contribution in [3.05, 3.63) is 63.6 Å². The fourth-order valence-electron chi connectivity index (χ4n) is 3.52. The van der Waals surface area contributed by atoms with E-state index in [4.69, 9.17) is 11.6 Å². The van der Waals surface area contributed by atoms with Crippen LogP contribution >= 0.6 is 22.9 Å². The van der Waals surface area contributed by atoms with Crippen LogP contribution in [0.25, 0.3) is 11.1 Å². The number of likely N-dealkylation sites (tertiary alicyclic amines) is 1. The summed E-state index contributed by atoms with van der Waals surface area (Å²) in [5.74, 6) is 0.0310. The lowest BCUT2D eigenvalue weighted by atomic mass is 9.95. The van der Waals surface area contributed by atoms with Crippen LogP contribution in [0.4, 0.5) is 0 Å². The minimum atomic E-state index is 0.0310. The van der Waals surface area contributed by atoms with Gasteiger partial charge in [-0.25, -0.2) is 0 Å². The van der Waals surface area contributed by atoms with E-state index in [2.05, 4.69) is 17.2 Å². The van der Waals surface area contributed by atoms with Crippen molar-refractivity contribution in [3.63, 3.8) is 0 Å². The lowest BCUT2D eigenvalue weighted by Crippen LogP contribution is -2.30. The molecule has 0 spiro atoms. The molecule has 25 heavy (non-hydrogen) atoms. The standard InChI is InChI=1S/C19H18ClN3OS/c1-22-12-13(11-21-22)14-5-2-3-6-15(14)17-7-4-9-23(17)19(24)18-16(20)8-10-25-18/h2-3,5-6,8,10-12,17H,4,7,9H2,1H3/t17-/m0/s1. The minimum Gasteiger partial charge on any atom is -0.331 e. The summed E-state index contributed by atoms with van der Waals surface area (Å²) in [5, 5.41) is 6.70. The lowest BCUT2D eigenvalue weighted by molar-refractivity contribution is 0.0741. The molecule has 1 atom stereocenters. The number of halogens is 1. The van der Waals surface area contributed by atoms with E-state index in [0.717, 1.165) is 30.5 Å². The van der Waals surface area contributed by atoms with Crippen molar-refractivity contribution in [2.75, 3.05) is 6.54 Å². The van der Waals surface area contributed by atoms with E-state index in [1.165, 1.54) is 16.9 Å². The fourth-order valence-corrected chi connectivity index (χ4v) is 4.61. The molecule has 0 unspecified atom stereocenters.